The van der Waals surface area contributed by atoms with E-state index in [1.54, 1.807) is 16.8 Å². The minimum Gasteiger partial charge on any atom is -0.492 e. The first-order chi connectivity index (χ1) is 12.9. The number of hydrogen-bond donors (Lipinski definition) is 0. The van der Waals surface area contributed by atoms with Crippen LogP contribution in [0, 0.1) is 13.8 Å². The first-order valence-corrected chi connectivity index (χ1v) is 10.00. The molecular weight excluding hydrogens is 362 g/mol. The number of carbonyl (C=O) groups is 2. The molecule has 2 amide bonds. The van der Waals surface area contributed by atoms with Gasteiger partial charge in [-0.2, -0.15) is 0 Å². The van der Waals surface area contributed by atoms with Crippen molar-refractivity contribution < 1.29 is 14.3 Å². The monoisotopic (exact) mass is 387 g/mol. The van der Waals surface area contributed by atoms with E-state index in [1.807, 2.05) is 31.4 Å². The molecule has 1 saturated heterocycles. The van der Waals surface area contributed by atoms with Crippen molar-refractivity contribution >= 4 is 28.3 Å². The Labute approximate surface area is 163 Å². The van der Waals surface area contributed by atoms with Gasteiger partial charge in [-0.05, 0) is 43.5 Å². The Morgan fingerprint density at radius 3 is 2.70 bits per heavy atom. The molecule has 1 aliphatic heterocycles. The number of likely N-dealkylation sites (N-methyl/N-ethyl adjacent to an activating group) is 1. The van der Waals surface area contributed by atoms with Crippen LogP contribution < -0.4 is 9.64 Å². The maximum absolute atomic E-state index is 12.4. The van der Waals surface area contributed by atoms with Crippen LogP contribution in [-0.2, 0) is 16.0 Å². The molecule has 0 bridgehead atoms. The molecule has 0 N–H and O–H groups in total. The number of benzene rings is 1. The molecule has 6 nitrogen and oxygen atoms in total. The number of aryl methyl sites for hydroxylation is 2. The van der Waals surface area contributed by atoms with Crippen LogP contribution in [0.15, 0.2) is 23.6 Å². The number of amides is 2. The molecular formula is C20H25N3O3S. The van der Waals surface area contributed by atoms with Gasteiger partial charge in [-0.1, -0.05) is 6.07 Å². The number of rotatable bonds is 7. The molecule has 0 unspecified atom stereocenters. The molecule has 0 aliphatic carbocycles. The summed E-state index contributed by atoms with van der Waals surface area (Å²) in [4.78, 5) is 32.0. The molecule has 1 aromatic carbocycles. The zero-order chi connectivity index (χ0) is 19.4. The lowest BCUT2D eigenvalue weighted by molar-refractivity contribution is -0.129. The molecule has 2 aromatic rings. The fourth-order valence-electron chi connectivity index (χ4n) is 3.08. The van der Waals surface area contributed by atoms with Crippen molar-refractivity contribution in [3.05, 3.63) is 40.4 Å². The van der Waals surface area contributed by atoms with Crippen LogP contribution >= 0.6 is 11.3 Å². The van der Waals surface area contributed by atoms with Gasteiger partial charge in [-0.15, -0.1) is 11.3 Å². The van der Waals surface area contributed by atoms with E-state index in [2.05, 4.69) is 11.1 Å². The van der Waals surface area contributed by atoms with Gasteiger partial charge in [0.25, 0.3) is 0 Å². The van der Waals surface area contributed by atoms with Crippen LogP contribution in [0.2, 0.25) is 0 Å². The standard InChI is InChI=1S/C20H25N3O3S/c1-14-9-15(2)11-17(10-14)26-8-7-22(3)19(25)12-16-13-27-20(21-16)23-6-4-5-18(23)24/h9-11,13H,4-8,12H2,1-3H3. The number of anilines is 1. The van der Waals surface area contributed by atoms with Gasteiger partial charge in [0, 0.05) is 25.4 Å². The molecule has 1 aliphatic rings. The van der Waals surface area contributed by atoms with Gasteiger partial charge >= 0.3 is 0 Å². The zero-order valence-corrected chi connectivity index (χ0v) is 16.8. The van der Waals surface area contributed by atoms with Crippen LogP contribution in [0.4, 0.5) is 5.13 Å². The Bertz CT molecular complexity index is 813. The normalized spacial score (nSPS) is 13.9. The van der Waals surface area contributed by atoms with Crippen molar-refractivity contribution in [2.75, 3.05) is 31.6 Å². The Kier molecular flexibility index (Phi) is 6.11. The van der Waals surface area contributed by atoms with Crippen LogP contribution in [0.5, 0.6) is 5.75 Å². The summed E-state index contributed by atoms with van der Waals surface area (Å²) in [5.41, 5.74) is 3.03. The summed E-state index contributed by atoms with van der Waals surface area (Å²) >= 11 is 1.42. The average Bonchev–Trinajstić information content (AvgIpc) is 3.22. The average molecular weight is 388 g/mol. The van der Waals surface area contributed by atoms with Crippen molar-refractivity contribution in [3.63, 3.8) is 0 Å². The number of carbonyl (C=O) groups excluding carboxylic acids is 2. The van der Waals surface area contributed by atoms with Gasteiger partial charge in [0.05, 0.1) is 18.7 Å². The molecule has 2 heterocycles. The molecule has 7 heteroatoms. The Balaban J connectivity index is 1.47. The molecule has 1 fully saturated rings. The number of hydrogen-bond acceptors (Lipinski definition) is 5. The second kappa shape index (κ2) is 8.52. The second-order valence-electron chi connectivity index (χ2n) is 6.93. The maximum Gasteiger partial charge on any atom is 0.228 e. The number of ether oxygens (including phenoxy) is 1. The largest absolute Gasteiger partial charge is 0.492 e. The molecule has 144 valence electrons. The number of thiazole rings is 1. The summed E-state index contributed by atoms with van der Waals surface area (Å²) in [6.07, 6.45) is 1.69. The van der Waals surface area contributed by atoms with E-state index in [0.717, 1.165) is 29.8 Å². The number of nitrogens with zero attached hydrogens (tertiary/aromatic N) is 3. The molecule has 0 saturated carbocycles. The lowest BCUT2D eigenvalue weighted by atomic mass is 10.1. The summed E-state index contributed by atoms with van der Waals surface area (Å²) in [5.74, 6) is 0.930. The topological polar surface area (TPSA) is 62.7 Å². The highest BCUT2D eigenvalue weighted by Crippen LogP contribution is 2.25. The fourth-order valence-corrected chi connectivity index (χ4v) is 3.95. The van der Waals surface area contributed by atoms with Crippen LogP contribution in [-0.4, -0.2) is 48.4 Å². The van der Waals surface area contributed by atoms with E-state index in [1.165, 1.54) is 11.3 Å². The van der Waals surface area contributed by atoms with E-state index in [9.17, 15) is 9.59 Å². The van der Waals surface area contributed by atoms with E-state index in [-0.39, 0.29) is 18.2 Å². The SMILES string of the molecule is Cc1cc(C)cc(OCCN(C)C(=O)Cc2csc(N3CCCC3=O)n2)c1. The predicted octanol–water partition coefficient (Wildman–Crippen LogP) is 2.97. The third-order valence-corrected chi connectivity index (χ3v) is 5.41. The van der Waals surface area contributed by atoms with Crippen LogP contribution in [0.25, 0.3) is 0 Å². The highest BCUT2D eigenvalue weighted by atomic mass is 32.1. The second-order valence-corrected chi connectivity index (χ2v) is 7.77. The lowest BCUT2D eigenvalue weighted by Gasteiger charge is -2.17. The summed E-state index contributed by atoms with van der Waals surface area (Å²) in [6, 6.07) is 6.08. The Hall–Kier alpha value is -2.41. The van der Waals surface area contributed by atoms with Crippen molar-refractivity contribution in [2.45, 2.75) is 33.1 Å². The summed E-state index contributed by atoms with van der Waals surface area (Å²) < 4.78 is 5.77. The van der Waals surface area contributed by atoms with Crippen molar-refractivity contribution in [1.82, 2.24) is 9.88 Å². The molecule has 27 heavy (non-hydrogen) atoms. The van der Waals surface area contributed by atoms with E-state index in [4.69, 9.17) is 4.74 Å². The fraction of sp³-hybridized carbons (Fsp3) is 0.450. The van der Waals surface area contributed by atoms with Crippen molar-refractivity contribution in [2.24, 2.45) is 0 Å². The van der Waals surface area contributed by atoms with Gasteiger partial charge in [0.1, 0.15) is 12.4 Å². The summed E-state index contributed by atoms with van der Waals surface area (Å²) in [6.45, 7) is 5.74. The maximum atomic E-state index is 12.4. The molecule has 0 radical (unpaired) electrons. The van der Waals surface area contributed by atoms with Gasteiger partial charge in [-0.25, -0.2) is 4.98 Å². The molecule has 1 aromatic heterocycles. The Morgan fingerprint density at radius 1 is 1.30 bits per heavy atom. The lowest BCUT2D eigenvalue weighted by Crippen LogP contribution is -2.32. The van der Waals surface area contributed by atoms with E-state index in [0.29, 0.717) is 30.4 Å². The highest BCUT2D eigenvalue weighted by molar-refractivity contribution is 7.14. The number of aromatic nitrogens is 1. The Morgan fingerprint density at radius 2 is 2.04 bits per heavy atom. The highest BCUT2D eigenvalue weighted by Gasteiger charge is 2.24. The zero-order valence-electron chi connectivity index (χ0n) is 16.0. The van der Waals surface area contributed by atoms with Gasteiger partial charge in [-0.3, -0.25) is 14.5 Å². The molecule has 3 rings (SSSR count). The van der Waals surface area contributed by atoms with Crippen LogP contribution in [0.3, 0.4) is 0 Å². The third kappa shape index (κ3) is 5.07. The predicted molar refractivity (Wildman–Crippen MR) is 106 cm³/mol. The molecule has 0 spiro atoms. The summed E-state index contributed by atoms with van der Waals surface area (Å²) in [5, 5.41) is 2.56. The van der Waals surface area contributed by atoms with Gasteiger partial charge < -0.3 is 9.64 Å². The van der Waals surface area contributed by atoms with Crippen molar-refractivity contribution in [1.29, 1.82) is 0 Å². The smallest absolute Gasteiger partial charge is 0.228 e. The van der Waals surface area contributed by atoms with Gasteiger partial charge in [0.15, 0.2) is 5.13 Å². The first-order valence-electron chi connectivity index (χ1n) is 9.12. The van der Waals surface area contributed by atoms with E-state index >= 15 is 0 Å². The van der Waals surface area contributed by atoms with Crippen molar-refractivity contribution in [3.8, 4) is 5.75 Å². The summed E-state index contributed by atoms with van der Waals surface area (Å²) in [7, 11) is 1.77. The quantitative estimate of drug-likeness (QED) is 0.733. The van der Waals surface area contributed by atoms with Crippen LogP contribution in [0.1, 0.15) is 29.7 Å². The minimum atomic E-state index is -0.0105. The minimum absolute atomic E-state index is 0.0105. The van der Waals surface area contributed by atoms with Gasteiger partial charge in [0.2, 0.25) is 11.8 Å². The van der Waals surface area contributed by atoms with E-state index < -0.39 is 0 Å². The third-order valence-electron chi connectivity index (χ3n) is 4.49. The first kappa shape index (κ1) is 19.4. The molecule has 0 atom stereocenters.